The maximum atomic E-state index is 12.0. The minimum Gasteiger partial charge on any atom is -0.387 e. The number of hydrogen-bond acceptors (Lipinski definition) is 5. The fourth-order valence-corrected chi connectivity index (χ4v) is 1.32. The first-order chi connectivity index (χ1) is 8.26. The minimum atomic E-state index is -4.98. The third-order valence-corrected chi connectivity index (χ3v) is 1.98. The first kappa shape index (κ1) is 13.7. The van der Waals surface area contributed by atoms with E-state index in [2.05, 4.69) is 9.72 Å². The van der Waals surface area contributed by atoms with Gasteiger partial charge in [-0.3, -0.25) is 10.1 Å². The van der Waals surface area contributed by atoms with E-state index in [1.54, 1.807) is 6.07 Å². The van der Waals surface area contributed by atoms with Crippen molar-refractivity contribution in [3.05, 3.63) is 27.4 Å². The highest BCUT2D eigenvalue weighted by Gasteiger charge is 2.34. The number of alkyl halides is 3. The Bertz CT molecular complexity index is 522. The van der Waals surface area contributed by atoms with Crippen molar-refractivity contribution in [3.63, 3.8) is 0 Å². The Morgan fingerprint density at radius 2 is 2.22 bits per heavy atom. The fourth-order valence-electron chi connectivity index (χ4n) is 1.32. The van der Waals surface area contributed by atoms with E-state index in [0.29, 0.717) is 0 Å². The Kier molecular flexibility index (Phi) is 3.70. The zero-order valence-electron chi connectivity index (χ0n) is 8.98. The summed E-state index contributed by atoms with van der Waals surface area (Å²) in [4.78, 5) is 13.2. The Morgan fingerprint density at radius 1 is 1.61 bits per heavy atom. The van der Waals surface area contributed by atoms with Crippen molar-refractivity contribution in [2.45, 2.75) is 19.7 Å². The van der Waals surface area contributed by atoms with Crippen LogP contribution in [0.15, 0.2) is 6.20 Å². The Balaban J connectivity index is 3.31. The molecule has 0 radical (unpaired) electrons. The van der Waals surface area contributed by atoms with Gasteiger partial charge in [-0.25, -0.2) is 4.98 Å². The van der Waals surface area contributed by atoms with Crippen LogP contribution in [0.3, 0.4) is 0 Å². The predicted molar refractivity (Wildman–Crippen MR) is 51.6 cm³/mol. The molecule has 0 aliphatic heterocycles. The van der Waals surface area contributed by atoms with E-state index in [9.17, 15) is 23.3 Å². The second kappa shape index (κ2) is 4.87. The van der Waals surface area contributed by atoms with Crippen LogP contribution >= 0.6 is 0 Å². The third-order valence-electron chi connectivity index (χ3n) is 1.98. The highest BCUT2D eigenvalue weighted by Crippen LogP contribution is 2.32. The molecule has 9 heteroatoms. The van der Waals surface area contributed by atoms with Gasteiger partial charge in [-0.05, 0) is 6.92 Å². The number of nitriles is 1. The summed E-state index contributed by atoms with van der Waals surface area (Å²) in [6.07, 6.45) is -4.48. The van der Waals surface area contributed by atoms with E-state index in [4.69, 9.17) is 5.26 Å². The molecule has 1 aromatic heterocycles. The maximum Gasteiger partial charge on any atom is 0.574 e. The second-order valence-corrected chi connectivity index (χ2v) is 3.20. The summed E-state index contributed by atoms with van der Waals surface area (Å²) in [5, 5.41) is 19.2. The van der Waals surface area contributed by atoms with Crippen molar-refractivity contribution in [2.24, 2.45) is 0 Å². The standard InChI is InChI=1S/C9H6F3N3O3/c1-5-7(15(16)17)6(2-3-13)4-14-8(5)18-9(10,11)12/h4H,2H2,1H3. The lowest BCUT2D eigenvalue weighted by Crippen LogP contribution is -2.19. The zero-order valence-corrected chi connectivity index (χ0v) is 8.98. The number of aromatic nitrogens is 1. The van der Waals surface area contributed by atoms with Gasteiger partial charge in [0.25, 0.3) is 5.69 Å². The van der Waals surface area contributed by atoms with Crippen LogP contribution in [0.4, 0.5) is 18.9 Å². The molecule has 0 amide bonds. The number of pyridine rings is 1. The zero-order chi connectivity index (χ0) is 13.9. The molecule has 6 nitrogen and oxygen atoms in total. The van der Waals surface area contributed by atoms with Crippen LogP contribution in [0.1, 0.15) is 11.1 Å². The van der Waals surface area contributed by atoms with Crippen LogP contribution in [-0.2, 0) is 6.42 Å². The lowest BCUT2D eigenvalue weighted by Gasteiger charge is -2.11. The van der Waals surface area contributed by atoms with Gasteiger partial charge in [0.2, 0.25) is 5.88 Å². The molecule has 1 rings (SSSR count). The van der Waals surface area contributed by atoms with Crippen LogP contribution in [0.2, 0.25) is 0 Å². The molecule has 1 heterocycles. The summed E-state index contributed by atoms with van der Waals surface area (Å²) in [6, 6.07) is 1.67. The molecule has 0 saturated carbocycles. The van der Waals surface area contributed by atoms with Crippen molar-refractivity contribution in [2.75, 3.05) is 0 Å². The van der Waals surface area contributed by atoms with E-state index >= 15 is 0 Å². The van der Waals surface area contributed by atoms with E-state index in [1.807, 2.05) is 0 Å². The monoisotopic (exact) mass is 261 g/mol. The molecule has 0 aliphatic carbocycles. The summed E-state index contributed by atoms with van der Waals surface area (Å²) >= 11 is 0. The molecular formula is C9H6F3N3O3. The van der Waals surface area contributed by atoms with E-state index in [1.165, 1.54) is 0 Å². The highest BCUT2D eigenvalue weighted by molar-refractivity contribution is 5.51. The number of rotatable bonds is 3. The van der Waals surface area contributed by atoms with Gasteiger partial charge in [0.05, 0.1) is 28.5 Å². The largest absolute Gasteiger partial charge is 0.574 e. The van der Waals surface area contributed by atoms with Crippen LogP contribution in [-0.4, -0.2) is 16.3 Å². The Hall–Kier alpha value is -2.37. The molecule has 18 heavy (non-hydrogen) atoms. The molecule has 0 unspecified atom stereocenters. The molecule has 1 aromatic rings. The van der Waals surface area contributed by atoms with Crippen molar-refractivity contribution in [3.8, 4) is 11.9 Å². The quantitative estimate of drug-likeness (QED) is 0.615. The van der Waals surface area contributed by atoms with Gasteiger partial charge in [-0.2, -0.15) is 5.26 Å². The topological polar surface area (TPSA) is 89.0 Å². The smallest absolute Gasteiger partial charge is 0.387 e. The summed E-state index contributed by atoms with van der Waals surface area (Å²) in [5.74, 6) is -0.893. The molecule has 96 valence electrons. The normalized spacial score (nSPS) is 10.8. The second-order valence-electron chi connectivity index (χ2n) is 3.20. The number of nitro groups is 1. The average Bonchev–Trinajstić information content (AvgIpc) is 2.20. The van der Waals surface area contributed by atoms with Gasteiger partial charge in [0.1, 0.15) is 0 Å². The molecule has 0 saturated heterocycles. The van der Waals surface area contributed by atoms with Crippen LogP contribution in [0.25, 0.3) is 0 Å². The SMILES string of the molecule is Cc1c(OC(F)(F)F)ncc(CC#N)c1[N+](=O)[O-]. The van der Waals surface area contributed by atoms with Crippen LogP contribution in [0.5, 0.6) is 5.88 Å². The molecule has 0 aliphatic rings. The first-order valence-corrected chi connectivity index (χ1v) is 4.52. The minimum absolute atomic E-state index is 0.0606. The summed E-state index contributed by atoms with van der Waals surface area (Å²) in [7, 11) is 0. The van der Waals surface area contributed by atoms with Crippen molar-refractivity contribution >= 4 is 5.69 Å². The molecule has 0 spiro atoms. The Labute approximate surface area is 98.8 Å². The number of nitrogens with zero attached hydrogens (tertiary/aromatic N) is 3. The Morgan fingerprint density at radius 3 is 2.67 bits per heavy atom. The summed E-state index contributed by atoms with van der Waals surface area (Å²) in [6.45, 7) is 1.08. The van der Waals surface area contributed by atoms with Gasteiger partial charge in [0, 0.05) is 6.20 Å². The molecule has 0 atom stereocenters. The number of hydrogen-bond donors (Lipinski definition) is 0. The van der Waals surface area contributed by atoms with Crippen molar-refractivity contribution in [1.82, 2.24) is 4.98 Å². The molecule has 0 fully saturated rings. The van der Waals surface area contributed by atoms with Gasteiger partial charge < -0.3 is 4.74 Å². The van der Waals surface area contributed by atoms with Gasteiger partial charge >= 0.3 is 6.36 Å². The van der Waals surface area contributed by atoms with Crippen LogP contribution in [0, 0.1) is 28.4 Å². The molecule has 0 bridgehead atoms. The third kappa shape index (κ3) is 3.07. The first-order valence-electron chi connectivity index (χ1n) is 4.52. The molecule has 0 N–H and O–H groups in total. The van der Waals surface area contributed by atoms with Gasteiger partial charge in [0.15, 0.2) is 0 Å². The van der Waals surface area contributed by atoms with Crippen LogP contribution < -0.4 is 4.74 Å². The van der Waals surface area contributed by atoms with Gasteiger partial charge in [-0.1, -0.05) is 0 Å². The van der Waals surface area contributed by atoms with Crippen molar-refractivity contribution in [1.29, 1.82) is 5.26 Å². The lowest BCUT2D eigenvalue weighted by atomic mass is 10.1. The van der Waals surface area contributed by atoms with E-state index in [0.717, 1.165) is 13.1 Å². The average molecular weight is 261 g/mol. The van der Waals surface area contributed by atoms with Crippen molar-refractivity contribution < 1.29 is 22.8 Å². The van der Waals surface area contributed by atoms with E-state index in [-0.39, 0.29) is 17.5 Å². The fraction of sp³-hybridized carbons (Fsp3) is 0.333. The summed E-state index contributed by atoms with van der Waals surface area (Å²) in [5.41, 5.74) is -1.02. The predicted octanol–water partition coefficient (Wildman–Crippen LogP) is 2.26. The summed E-state index contributed by atoms with van der Waals surface area (Å²) < 4.78 is 39.6. The van der Waals surface area contributed by atoms with Gasteiger partial charge in [-0.15, -0.1) is 13.2 Å². The maximum absolute atomic E-state index is 12.0. The molecule has 0 aromatic carbocycles. The lowest BCUT2D eigenvalue weighted by molar-refractivity contribution is -0.386. The number of ether oxygens (including phenoxy) is 1. The van der Waals surface area contributed by atoms with E-state index < -0.39 is 22.9 Å². The number of halogens is 3. The highest BCUT2D eigenvalue weighted by atomic mass is 19.4. The molecular weight excluding hydrogens is 255 g/mol.